The second-order valence-corrected chi connectivity index (χ2v) is 8.11. The largest absolute Gasteiger partial charge is 0.361 e. The van der Waals surface area contributed by atoms with Gasteiger partial charge in [0.15, 0.2) is 0 Å². The molecular formula is C23H26N2. The van der Waals surface area contributed by atoms with Crippen LogP contribution in [0.15, 0.2) is 54.9 Å². The maximum atomic E-state index is 3.45. The van der Waals surface area contributed by atoms with Gasteiger partial charge in [-0.25, -0.2) is 0 Å². The summed E-state index contributed by atoms with van der Waals surface area (Å²) in [5, 5.41) is 2.63. The molecule has 2 heteroatoms. The summed E-state index contributed by atoms with van der Waals surface area (Å²) in [5.41, 5.74) is 6.69. The van der Waals surface area contributed by atoms with Gasteiger partial charge in [-0.15, -0.1) is 0 Å². The third-order valence-electron chi connectivity index (χ3n) is 5.43. The van der Waals surface area contributed by atoms with Crippen molar-refractivity contribution < 1.29 is 0 Å². The number of aromatic nitrogens is 2. The molecule has 0 saturated heterocycles. The molecule has 2 nitrogen and oxygen atoms in total. The molecule has 2 heterocycles. The third kappa shape index (κ3) is 2.86. The number of nitrogens with one attached hydrogen (secondary N) is 2. The van der Waals surface area contributed by atoms with Gasteiger partial charge in [-0.1, -0.05) is 45.9 Å². The lowest BCUT2D eigenvalue weighted by Gasteiger charge is -2.25. The minimum absolute atomic E-state index is 0.0717. The van der Waals surface area contributed by atoms with E-state index in [2.05, 4.69) is 86.3 Å². The third-order valence-corrected chi connectivity index (χ3v) is 5.43. The Balaban J connectivity index is 1.72. The predicted molar refractivity (Wildman–Crippen MR) is 107 cm³/mol. The molecule has 4 aromatic rings. The summed E-state index contributed by atoms with van der Waals surface area (Å²) in [6, 6.07) is 15.7. The summed E-state index contributed by atoms with van der Waals surface area (Å²) in [4.78, 5) is 6.78. The van der Waals surface area contributed by atoms with E-state index in [0.29, 0.717) is 5.92 Å². The first-order chi connectivity index (χ1) is 11.9. The first-order valence-electron chi connectivity index (χ1n) is 9.11. The Labute approximate surface area is 149 Å². The number of hydrogen-bond acceptors (Lipinski definition) is 0. The summed E-state index contributed by atoms with van der Waals surface area (Å²) < 4.78 is 0. The second-order valence-electron chi connectivity index (χ2n) is 8.11. The van der Waals surface area contributed by atoms with Crippen LogP contribution >= 0.6 is 0 Å². The van der Waals surface area contributed by atoms with Crippen LogP contribution in [0.5, 0.6) is 0 Å². The van der Waals surface area contributed by atoms with Gasteiger partial charge >= 0.3 is 0 Å². The topological polar surface area (TPSA) is 31.6 Å². The summed E-state index contributed by atoms with van der Waals surface area (Å²) in [6.07, 6.45) is 5.21. The van der Waals surface area contributed by atoms with Gasteiger partial charge in [0.05, 0.1) is 0 Å². The Morgan fingerprint density at radius 3 is 2.56 bits per heavy atom. The lowest BCUT2D eigenvalue weighted by atomic mass is 9.79. The molecular weight excluding hydrogens is 304 g/mol. The number of hydrogen-bond donors (Lipinski definition) is 2. The second kappa shape index (κ2) is 5.80. The molecule has 128 valence electrons. The van der Waals surface area contributed by atoms with Gasteiger partial charge < -0.3 is 9.97 Å². The summed E-state index contributed by atoms with van der Waals surface area (Å²) in [5.74, 6) is 0.551. The highest BCUT2D eigenvalue weighted by Gasteiger charge is 2.23. The van der Waals surface area contributed by atoms with Crippen LogP contribution in [0, 0.1) is 0 Å². The Morgan fingerprint density at radius 1 is 0.920 bits per heavy atom. The first kappa shape index (κ1) is 16.0. The zero-order valence-electron chi connectivity index (χ0n) is 15.5. The van der Waals surface area contributed by atoms with Crippen molar-refractivity contribution >= 4 is 21.8 Å². The maximum Gasteiger partial charge on any atom is 0.0456 e. The van der Waals surface area contributed by atoms with Crippen LogP contribution in [-0.2, 0) is 11.8 Å². The molecule has 0 aliphatic rings. The number of fused-ring (bicyclic) bond motifs is 2. The van der Waals surface area contributed by atoms with Crippen LogP contribution in [0.2, 0.25) is 0 Å². The molecule has 0 bridgehead atoms. The smallest absolute Gasteiger partial charge is 0.0456 e. The van der Waals surface area contributed by atoms with Crippen molar-refractivity contribution in [3.05, 3.63) is 71.5 Å². The molecule has 2 aromatic carbocycles. The van der Waals surface area contributed by atoms with E-state index in [0.717, 1.165) is 6.42 Å². The van der Waals surface area contributed by atoms with Crippen molar-refractivity contribution in [2.24, 2.45) is 0 Å². The molecule has 2 aromatic heterocycles. The number of aromatic amines is 2. The molecule has 0 spiro atoms. The molecule has 0 saturated carbocycles. The lowest BCUT2D eigenvalue weighted by Crippen LogP contribution is -2.20. The molecule has 0 atom stereocenters. The normalized spacial score (nSPS) is 12.5. The van der Waals surface area contributed by atoms with Crippen molar-refractivity contribution in [3.8, 4) is 0 Å². The van der Waals surface area contributed by atoms with E-state index in [9.17, 15) is 0 Å². The molecule has 0 aliphatic heterocycles. The summed E-state index contributed by atoms with van der Waals surface area (Å²) in [7, 11) is 0. The lowest BCUT2D eigenvalue weighted by molar-refractivity contribution is 0.525. The highest BCUT2D eigenvalue weighted by molar-refractivity contribution is 5.84. The van der Waals surface area contributed by atoms with Gasteiger partial charge in [0.25, 0.3) is 0 Å². The molecule has 0 fully saturated rings. The summed E-state index contributed by atoms with van der Waals surface area (Å²) >= 11 is 0. The van der Waals surface area contributed by atoms with Gasteiger partial charge in [-0.05, 0) is 64.1 Å². The monoisotopic (exact) mass is 330 g/mol. The SMILES string of the molecule is CC(C)c1ccc2[nH]cc(CC(C)(C)c3ccc4cc[nH]c4c3)c2c1. The zero-order valence-corrected chi connectivity index (χ0v) is 15.5. The van der Waals surface area contributed by atoms with Crippen molar-refractivity contribution in [1.29, 1.82) is 0 Å². The minimum Gasteiger partial charge on any atom is -0.361 e. The number of benzene rings is 2. The Morgan fingerprint density at radius 2 is 1.76 bits per heavy atom. The average Bonchev–Trinajstić information content (AvgIpc) is 3.20. The fourth-order valence-electron chi connectivity index (χ4n) is 3.75. The maximum absolute atomic E-state index is 3.45. The van der Waals surface area contributed by atoms with E-state index >= 15 is 0 Å². The van der Waals surface area contributed by atoms with Crippen LogP contribution in [-0.4, -0.2) is 9.97 Å². The number of H-pyrrole nitrogens is 2. The minimum atomic E-state index is 0.0717. The van der Waals surface area contributed by atoms with Gasteiger partial charge in [-0.3, -0.25) is 0 Å². The molecule has 2 N–H and O–H groups in total. The van der Waals surface area contributed by atoms with E-state index in [-0.39, 0.29) is 5.41 Å². The molecule has 0 amide bonds. The molecule has 0 aliphatic carbocycles. The Hall–Kier alpha value is -2.48. The zero-order chi connectivity index (χ0) is 17.6. The van der Waals surface area contributed by atoms with E-state index in [1.165, 1.54) is 38.5 Å². The quantitative estimate of drug-likeness (QED) is 0.440. The van der Waals surface area contributed by atoms with Gasteiger partial charge in [0.2, 0.25) is 0 Å². The fourth-order valence-corrected chi connectivity index (χ4v) is 3.75. The van der Waals surface area contributed by atoms with Gasteiger partial charge in [0.1, 0.15) is 0 Å². The van der Waals surface area contributed by atoms with Crippen LogP contribution in [0.3, 0.4) is 0 Å². The predicted octanol–water partition coefficient (Wildman–Crippen LogP) is 6.29. The molecule has 0 unspecified atom stereocenters. The fraction of sp³-hybridized carbons (Fsp3) is 0.304. The van der Waals surface area contributed by atoms with Gasteiger partial charge in [0, 0.05) is 28.8 Å². The van der Waals surface area contributed by atoms with E-state index in [4.69, 9.17) is 0 Å². The van der Waals surface area contributed by atoms with Crippen molar-refractivity contribution in [2.75, 3.05) is 0 Å². The van der Waals surface area contributed by atoms with Crippen LogP contribution in [0.4, 0.5) is 0 Å². The van der Waals surface area contributed by atoms with Crippen molar-refractivity contribution in [2.45, 2.75) is 45.4 Å². The van der Waals surface area contributed by atoms with E-state index in [1.54, 1.807) is 0 Å². The summed E-state index contributed by atoms with van der Waals surface area (Å²) in [6.45, 7) is 9.18. The van der Waals surface area contributed by atoms with E-state index in [1.807, 2.05) is 6.20 Å². The van der Waals surface area contributed by atoms with Gasteiger partial charge in [-0.2, -0.15) is 0 Å². The number of rotatable bonds is 4. The van der Waals surface area contributed by atoms with Crippen LogP contribution in [0.25, 0.3) is 21.8 Å². The van der Waals surface area contributed by atoms with Crippen LogP contribution < -0.4 is 0 Å². The highest BCUT2D eigenvalue weighted by Crippen LogP contribution is 2.33. The standard InChI is InChI=1S/C23H26N2/c1-15(2)17-6-8-21-20(11-17)18(14-25-21)13-23(3,4)19-7-5-16-9-10-24-22(16)12-19/h5-12,14-15,24-25H,13H2,1-4H3. The Bertz CT molecular complexity index is 1030. The van der Waals surface area contributed by atoms with Crippen LogP contribution in [0.1, 0.15) is 50.3 Å². The average molecular weight is 330 g/mol. The first-order valence-corrected chi connectivity index (χ1v) is 9.11. The van der Waals surface area contributed by atoms with E-state index < -0.39 is 0 Å². The molecule has 0 radical (unpaired) electrons. The molecule has 4 rings (SSSR count). The molecule has 25 heavy (non-hydrogen) atoms. The van der Waals surface area contributed by atoms with Crippen molar-refractivity contribution in [3.63, 3.8) is 0 Å². The highest BCUT2D eigenvalue weighted by atomic mass is 14.7. The van der Waals surface area contributed by atoms with Crippen molar-refractivity contribution in [1.82, 2.24) is 9.97 Å². The Kier molecular flexibility index (Phi) is 3.72.